The summed E-state index contributed by atoms with van der Waals surface area (Å²) in [6.45, 7) is 3.20. The van der Waals surface area contributed by atoms with Crippen LogP contribution in [0, 0.1) is 0 Å². The van der Waals surface area contributed by atoms with Crippen LogP contribution in [0.3, 0.4) is 0 Å². The van der Waals surface area contributed by atoms with Crippen LogP contribution in [0.4, 0.5) is 0 Å². The summed E-state index contributed by atoms with van der Waals surface area (Å²) in [5.74, 6) is 0.608. The van der Waals surface area contributed by atoms with Crippen molar-refractivity contribution in [3.8, 4) is 5.75 Å². The third kappa shape index (κ3) is 2.76. The third-order valence-corrected chi connectivity index (χ3v) is 3.60. The predicted octanol–water partition coefficient (Wildman–Crippen LogP) is 1.39. The van der Waals surface area contributed by atoms with Crippen LogP contribution in [0.5, 0.6) is 5.75 Å². The Hall–Kier alpha value is -2.04. The van der Waals surface area contributed by atoms with Crippen molar-refractivity contribution >= 4 is 11.8 Å². The van der Waals surface area contributed by atoms with Crippen LogP contribution in [0.1, 0.15) is 23.7 Å². The van der Waals surface area contributed by atoms with Crippen molar-refractivity contribution in [2.24, 2.45) is 0 Å². The highest BCUT2D eigenvalue weighted by Gasteiger charge is 2.34. The molecule has 1 atom stereocenters. The summed E-state index contributed by atoms with van der Waals surface area (Å²) in [7, 11) is 3.44. The Kier molecular flexibility index (Phi) is 4.27. The molecule has 0 bridgehead atoms. The van der Waals surface area contributed by atoms with Gasteiger partial charge < -0.3 is 14.5 Å². The Morgan fingerprint density at radius 2 is 2.05 bits per heavy atom. The Morgan fingerprint density at radius 1 is 1.40 bits per heavy atom. The van der Waals surface area contributed by atoms with Crippen molar-refractivity contribution in [2.75, 3.05) is 27.2 Å². The maximum Gasteiger partial charge on any atom is 0.254 e. The molecule has 20 heavy (non-hydrogen) atoms. The lowest BCUT2D eigenvalue weighted by molar-refractivity contribution is -0.130. The van der Waals surface area contributed by atoms with Gasteiger partial charge >= 0.3 is 0 Å². The maximum absolute atomic E-state index is 12.4. The zero-order valence-electron chi connectivity index (χ0n) is 12.1. The van der Waals surface area contributed by atoms with Crippen molar-refractivity contribution in [2.45, 2.75) is 19.4 Å². The largest absolute Gasteiger partial charge is 0.494 e. The Balaban J connectivity index is 2.08. The number of amides is 2. The number of benzene rings is 1. The first-order valence-electron chi connectivity index (χ1n) is 6.79. The lowest BCUT2D eigenvalue weighted by atomic mass is 10.1. The van der Waals surface area contributed by atoms with Gasteiger partial charge in [0, 0.05) is 26.2 Å². The average Bonchev–Trinajstić information content (AvgIpc) is 2.79. The SMILES string of the molecule is CCOc1ccc(C(=O)N(C)C2CCN(C)C2=O)cc1. The molecule has 0 N–H and O–H groups in total. The summed E-state index contributed by atoms with van der Waals surface area (Å²) in [6.07, 6.45) is 0.689. The van der Waals surface area contributed by atoms with Crippen molar-refractivity contribution in [1.82, 2.24) is 9.80 Å². The molecule has 0 saturated carbocycles. The summed E-state index contributed by atoms with van der Waals surface area (Å²) in [4.78, 5) is 27.5. The normalized spacial score (nSPS) is 18.2. The Labute approximate surface area is 119 Å². The highest BCUT2D eigenvalue weighted by molar-refractivity contribution is 5.97. The fraction of sp³-hybridized carbons (Fsp3) is 0.467. The van der Waals surface area contributed by atoms with Crippen LogP contribution >= 0.6 is 0 Å². The fourth-order valence-electron chi connectivity index (χ4n) is 2.37. The molecule has 2 rings (SSSR count). The average molecular weight is 276 g/mol. The predicted molar refractivity (Wildman–Crippen MR) is 75.7 cm³/mol. The van der Waals surface area contributed by atoms with E-state index >= 15 is 0 Å². The van der Waals surface area contributed by atoms with Gasteiger partial charge in [0.05, 0.1) is 6.61 Å². The molecule has 2 amide bonds. The first-order valence-corrected chi connectivity index (χ1v) is 6.79. The minimum absolute atomic E-state index is 0.00628. The van der Waals surface area contributed by atoms with Gasteiger partial charge in [0.2, 0.25) is 5.91 Å². The van der Waals surface area contributed by atoms with E-state index in [0.29, 0.717) is 25.1 Å². The van der Waals surface area contributed by atoms with Gasteiger partial charge in [-0.05, 0) is 37.6 Å². The number of likely N-dealkylation sites (tertiary alicyclic amines) is 1. The molecule has 1 unspecified atom stereocenters. The van der Waals surface area contributed by atoms with E-state index in [1.807, 2.05) is 6.92 Å². The minimum Gasteiger partial charge on any atom is -0.494 e. The second-order valence-electron chi connectivity index (χ2n) is 4.94. The van der Waals surface area contributed by atoms with Gasteiger partial charge in [0.1, 0.15) is 11.8 Å². The molecular formula is C15H20N2O3. The van der Waals surface area contributed by atoms with Gasteiger partial charge in [-0.1, -0.05) is 0 Å². The van der Waals surface area contributed by atoms with Gasteiger partial charge in [0.15, 0.2) is 0 Å². The van der Waals surface area contributed by atoms with E-state index in [0.717, 1.165) is 5.75 Å². The van der Waals surface area contributed by atoms with Gasteiger partial charge in [0.25, 0.3) is 5.91 Å². The molecule has 1 fully saturated rings. The molecule has 5 heteroatoms. The van der Waals surface area contributed by atoms with E-state index in [1.165, 1.54) is 4.90 Å². The number of carbonyl (C=O) groups is 2. The van der Waals surface area contributed by atoms with E-state index in [2.05, 4.69) is 0 Å². The second kappa shape index (κ2) is 5.94. The molecule has 0 aliphatic carbocycles. The summed E-state index contributed by atoms with van der Waals surface area (Å²) >= 11 is 0. The standard InChI is InChI=1S/C15H20N2O3/c1-4-20-12-7-5-11(6-8-12)14(18)17(3)13-9-10-16(2)15(13)19/h5-8,13H,4,9-10H2,1-3H3. The summed E-state index contributed by atoms with van der Waals surface area (Å²) < 4.78 is 5.35. The third-order valence-electron chi connectivity index (χ3n) is 3.60. The highest BCUT2D eigenvalue weighted by atomic mass is 16.5. The topological polar surface area (TPSA) is 49.9 Å². The van der Waals surface area contributed by atoms with E-state index in [4.69, 9.17) is 4.74 Å². The van der Waals surface area contributed by atoms with E-state index in [-0.39, 0.29) is 17.9 Å². The maximum atomic E-state index is 12.4. The number of ether oxygens (including phenoxy) is 1. The number of nitrogens with zero attached hydrogens (tertiary/aromatic N) is 2. The molecule has 1 aliphatic heterocycles. The van der Waals surface area contributed by atoms with Gasteiger partial charge in [-0.25, -0.2) is 0 Å². The van der Waals surface area contributed by atoms with E-state index in [9.17, 15) is 9.59 Å². The van der Waals surface area contributed by atoms with Crippen molar-refractivity contribution in [3.63, 3.8) is 0 Å². The number of likely N-dealkylation sites (N-methyl/N-ethyl adjacent to an activating group) is 2. The van der Waals surface area contributed by atoms with Crippen LogP contribution in [-0.4, -0.2) is 54.9 Å². The van der Waals surface area contributed by atoms with E-state index < -0.39 is 0 Å². The van der Waals surface area contributed by atoms with Crippen LogP contribution in [0.15, 0.2) is 24.3 Å². The fourth-order valence-corrected chi connectivity index (χ4v) is 2.37. The first-order chi connectivity index (χ1) is 9.54. The molecule has 1 aromatic carbocycles. The van der Waals surface area contributed by atoms with Crippen molar-refractivity contribution in [1.29, 1.82) is 0 Å². The van der Waals surface area contributed by atoms with Crippen molar-refractivity contribution < 1.29 is 14.3 Å². The molecule has 1 saturated heterocycles. The molecule has 1 aliphatic rings. The number of carbonyl (C=O) groups excluding carboxylic acids is 2. The lowest BCUT2D eigenvalue weighted by Gasteiger charge is -2.23. The molecule has 0 radical (unpaired) electrons. The molecule has 1 aromatic rings. The van der Waals surface area contributed by atoms with Crippen LogP contribution < -0.4 is 4.74 Å². The molecule has 0 spiro atoms. The molecule has 0 aromatic heterocycles. The Morgan fingerprint density at radius 3 is 2.55 bits per heavy atom. The van der Waals surface area contributed by atoms with Gasteiger partial charge in [-0.3, -0.25) is 9.59 Å². The Bertz CT molecular complexity index is 498. The molecule has 5 nitrogen and oxygen atoms in total. The molecule has 1 heterocycles. The summed E-state index contributed by atoms with van der Waals surface area (Å²) in [5, 5.41) is 0. The second-order valence-corrected chi connectivity index (χ2v) is 4.94. The van der Waals surface area contributed by atoms with Gasteiger partial charge in [-0.15, -0.1) is 0 Å². The van der Waals surface area contributed by atoms with E-state index in [1.54, 1.807) is 43.3 Å². The highest BCUT2D eigenvalue weighted by Crippen LogP contribution is 2.18. The number of rotatable bonds is 4. The van der Waals surface area contributed by atoms with Crippen LogP contribution in [0.25, 0.3) is 0 Å². The summed E-state index contributed by atoms with van der Waals surface area (Å²) in [6, 6.07) is 6.65. The quantitative estimate of drug-likeness (QED) is 0.835. The number of hydrogen-bond acceptors (Lipinski definition) is 3. The first kappa shape index (κ1) is 14.4. The smallest absolute Gasteiger partial charge is 0.254 e. The zero-order valence-corrected chi connectivity index (χ0v) is 12.1. The van der Waals surface area contributed by atoms with Crippen LogP contribution in [0.2, 0.25) is 0 Å². The van der Waals surface area contributed by atoms with Gasteiger partial charge in [-0.2, -0.15) is 0 Å². The summed E-state index contributed by atoms with van der Waals surface area (Å²) in [5.41, 5.74) is 0.568. The molecule has 108 valence electrons. The van der Waals surface area contributed by atoms with Crippen molar-refractivity contribution in [3.05, 3.63) is 29.8 Å². The monoisotopic (exact) mass is 276 g/mol. The number of hydrogen-bond donors (Lipinski definition) is 0. The lowest BCUT2D eigenvalue weighted by Crippen LogP contribution is -2.42. The zero-order chi connectivity index (χ0) is 14.7. The van der Waals surface area contributed by atoms with Crippen LogP contribution in [-0.2, 0) is 4.79 Å². The minimum atomic E-state index is -0.348. The molecular weight excluding hydrogens is 256 g/mol.